The van der Waals surface area contributed by atoms with Gasteiger partial charge in [0, 0.05) is 59.7 Å². The SMILES string of the molecule is CCCCC(CC)COc1cc(/C=C2\C(=O)c3cc(F)c(F)cc3C2=C(C#N)C#N)sc1-c1cc2c(s1)-c1sc(-c3sc(/C=C4\C(=O)c5cc(F)c(F)cc5C4=C(C#N)C#N)cc3OCC(CC)CCCC)cc1C(C)(C)O2. The Kier molecular flexibility index (Phi) is 16.3. The van der Waals surface area contributed by atoms with E-state index in [1.54, 1.807) is 12.1 Å². The molecule has 6 aromatic rings. The van der Waals surface area contributed by atoms with Crippen molar-refractivity contribution >= 4 is 80.2 Å². The topological polar surface area (TPSA) is 157 Å². The van der Waals surface area contributed by atoms with Crippen molar-refractivity contribution in [2.24, 2.45) is 11.8 Å². The second-order valence-electron chi connectivity index (χ2n) is 19.8. The maximum Gasteiger partial charge on any atom is 0.194 e. The molecular formula is C61H50F4N4O5S4. The normalized spacial score (nSPS) is 15.7. The van der Waals surface area contributed by atoms with Crippen LogP contribution in [-0.2, 0) is 5.60 Å². The van der Waals surface area contributed by atoms with E-state index >= 15 is 0 Å². The van der Waals surface area contributed by atoms with Crippen LogP contribution in [0.1, 0.15) is 140 Å². The number of allylic oxidation sites excluding steroid dienone is 6. The Morgan fingerprint density at radius 2 is 0.987 bits per heavy atom. The number of hydrogen-bond donors (Lipinski definition) is 0. The molecule has 9 nitrogen and oxygen atoms in total. The number of benzene rings is 2. The molecule has 2 aliphatic carbocycles. The summed E-state index contributed by atoms with van der Waals surface area (Å²) >= 11 is 5.69. The molecule has 0 saturated carbocycles. The Balaban J connectivity index is 1.15. The van der Waals surface area contributed by atoms with Crippen LogP contribution in [0.3, 0.4) is 0 Å². The van der Waals surface area contributed by atoms with Crippen molar-refractivity contribution in [2.45, 2.75) is 98.5 Å². The van der Waals surface area contributed by atoms with Crippen LogP contribution < -0.4 is 14.2 Å². The highest BCUT2D eigenvalue weighted by Gasteiger charge is 2.39. The lowest BCUT2D eigenvalue weighted by Crippen LogP contribution is -2.27. The zero-order chi connectivity index (χ0) is 55.7. The van der Waals surface area contributed by atoms with Crippen molar-refractivity contribution in [1.29, 1.82) is 21.0 Å². The molecule has 0 fully saturated rings. The Hall–Kier alpha value is -7.38. The van der Waals surface area contributed by atoms with Gasteiger partial charge < -0.3 is 14.2 Å². The fraction of sp³-hybridized carbons (Fsp3) is 0.311. The standard InChI is InChI=1S/C61H50F4N4O5S4/c1-7-11-13-31(9-3)29-72-48-17-35(15-41-53(33(25-66)26-67)37-19-44(62)46(64)21-39(37)55(41)70)75-58(48)51-23-43-57(77-51)60-50(74-61(43,5)6)24-52(78-60)59-49(73-30-32(10-4)14-12-8-2)18-36(76-59)16-42-54(34(27-68)28-69)38-20-45(63)47(65)22-40(38)56(42)71/h15-24,31-32H,7-14,29-30H2,1-6H3/b41-15-,42-16-. The van der Waals surface area contributed by atoms with Gasteiger partial charge in [0.2, 0.25) is 0 Å². The fourth-order valence-corrected chi connectivity index (χ4v) is 14.8. The third-order valence-electron chi connectivity index (χ3n) is 14.3. The van der Waals surface area contributed by atoms with Gasteiger partial charge in [-0.2, -0.15) is 21.0 Å². The van der Waals surface area contributed by atoms with Crippen molar-refractivity contribution in [1.82, 2.24) is 0 Å². The number of halogens is 4. The molecule has 78 heavy (non-hydrogen) atoms. The van der Waals surface area contributed by atoms with Crippen LogP contribution in [0.15, 0.2) is 70.8 Å². The summed E-state index contributed by atoms with van der Waals surface area (Å²) in [4.78, 5) is 34.0. The molecule has 5 heterocycles. The molecule has 0 amide bonds. The van der Waals surface area contributed by atoms with Crippen molar-refractivity contribution in [3.05, 3.63) is 132 Å². The van der Waals surface area contributed by atoms with Gasteiger partial charge in [-0.25, -0.2) is 17.6 Å². The van der Waals surface area contributed by atoms with Gasteiger partial charge in [-0.05, 0) is 104 Å². The van der Waals surface area contributed by atoms with Gasteiger partial charge >= 0.3 is 0 Å². The first-order valence-corrected chi connectivity index (χ1v) is 28.9. The number of carbonyl (C=O) groups is 2. The summed E-state index contributed by atoms with van der Waals surface area (Å²) in [5, 5.41) is 39.9. The van der Waals surface area contributed by atoms with Crippen molar-refractivity contribution in [2.75, 3.05) is 13.2 Å². The average molecular weight is 1120 g/mol. The van der Waals surface area contributed by atoms with E-state index in [4.69, 9.17) is 14.2 Å². The van der Waals surface area contributed by atoms with Gasteiger partial charge in [-0.3, -0.25) is 9.59 Å². The zero-order valence-electron chi connectivity index (χ0n) is 43.5. The number of thiophene rings is 4. The number of hydrogen-bond acceptors (Lipinski definition) is 13. The number of ether oxygens (including phenoxy) is 3. The smallest absolute Gasteiger partial charge is 0.194 e. The Morgan fingerprint density at radius 3 is 1.40 bits per heavy atom. The Bertz CT molecular complexity index is 3730. The van der Waals surface area contributed by atoms with Crippen molar-refractivity contribution < 1.29 is 41.4 Å². The number of Topliss-reactive ketones (excluding diaryl/α,β-unsaturated/α-hetero) is 2. The summed E-state index contributed by atoms with van der Waals surface area (Å²) in [5.41, 5.74) is -1.38. The lowest BCUT2D eigenvalue weighted by Gasteiger charge is -2.31. The van der Waals surface area contributed by atoms with Crippen LogP contribution in [0.5, 0.6) is 17.2 Å². The predicted octanol–water partition coefficient (Wildman–Crippen LogP) is 17.5. The number of ketones is 2. The second kappa shape index (κ2) is 22.9. The Labute approximate surface area is 465 Å². The van der Waals surface area contributed by atoms with Crippen LogP contribution in [-0.4, -0.2) is 24.8 Å². The van der Waals surface area contributed by atoms with Gasteiger partial charge in [0.25, 0.3) is 0 Å². The van der Waals surface area contributed by atoms with Crippen LogP contribution in [0.2, 0.25) is 0 Å². The molecule has 2 aromatic carbocycles. The molecule has 4 aromatic heterocycles. The van der Waals surface area contributed by atoms with Crippen LogP contribution in [0.25, 0.3) is 52.6 Å². The van der Waals surface area contributed by atoms with E-state index in [0.29, 0.717) is 40.2 Å². The third-order valence-corrected chi connectivity index (χ3v) is 19.2. The summed E-state index contributed by atoms with van der Waals surface area (Å²) in [6, 6.07) is 18.2. The molecule has 2 unspecified atom stereocenters. The first-order chi connectivity index (χ1) is 37.5. The zero-order valence-corrected chi connectivity index (χ0v) is 46.7. The monoisotopic (exact) mass is 1120 g/mol. The highest BCUT2D eigenvalue weighted by Crippen LogP contribution is 2.59. The highest BCUT2D eigenvalue weighted by molar-refractivity contribution is 7.29. The highest BCUT2D eigenvalue weighted by atomic mass is 32.1. The molecule has 0 spiro atoms. The summed E-state index contributed by atoms with van der Waals surface area (Å²) in [7, 11) is 0. The molecule has 0 radical (unpaired) electrons. The third kappa shape index (κ3) is 10.4. The van der Waals surface area contributed by atoms with Gasteiger partial charge in [-0.1, -0.05) is 66.2 Å². The number of carbonyl (C=O) groups excluding carboxylic acids is 2. The van der Waals surface area contributed by atoms with Crippen LogP contribution >= 0.6 is 45.3 Å². The maximum absolute atomic E-state index is 14.7. The van der Waals surface area contributed by atoms with Crippen LogP contribution in [0.4, 0.5) is 17.6 Å². The first-order valence-electron chi connectivity index (χ1n) is 25.6. The van der Waals surface area contributed by atoms with Gasteiger partial charge in [0.15, 0.2) is 34.8 Å². The minimum atomic E-state index is -1.23. The molecule has 396 valence electrons. The molecule has 9 rings (SSSR count). The first kappa shape index (κ1) is 55.4. The molecule has 2 atom stereocenters. The van der Waals surface area contributed by atoms with E-state index in [0.717, 1.165) is 110 Å². The number of fused-ring (bicyclic) bond motifs is 5. The largest absolute Gasteiger partial charge is 0.492 e. The summed E-state index contributed by atoms with van der Waals surface area (Å²) in [6.45, 7) is 13.3. The summed E-state index contributed by atoms with van der Waals surface area (Å²) in [6.07, 6.45) is 10.9. The van der Waals surface area contributed by atoms with E-state index in [1.807, 2.05) is 50.3 Å². The number of nitrogens with zero attached hydrogens (tertiary/aromatic N) is 4. The van der Waals surface area contributed by atoms with E-state index < -0.39 is 51.6 Å². The van der Waals surface area contributed by atoms with Crippen molar-refractivity contribution in [3.63, 3.8) is 0 Å². The van der Waals surface area contributed by atoms with E-state index in [-0.39, 0.29) is 56.4 Å². The molecule has 0 N–H and O–H groups in total. The van der Waals surface area contributed by atoms with E-state index in [9.17, 15) is 48.2 Å². The predicted molar refractivity (Wildman–Crippen MR) is 299 cm³/mol. The van der Waals surface area contributed by atoms with Crippen LogP contribution in [0, 0.1) is 80.4 Å². The molecule has 1 aliphatic heterocycles. The van der Waals surface area contributed by atoms with Gasteiger partial charge in [0.1, 0.15) is 58.3 Å². The minimum Gasteiger partial charge on any atom is -0.492 e. The quantitative estimate of drug-likeness (QED) is 0.0464. The average Bonchev–Trinajstić information content (AvgIpc) is 4.47. The van der Waals surface area contributed by atoms with E-state index in [1.165, 1.54) is 51.4 Å². The molecule has 3 aliphatic rings. The summed E-state index contributed by atoms with van der Waals surface area (Å²) in [5.74, 6) is -3.96. The van der Waals surface area contributed by atoms with Gasteiger partial charge in [-0.15, -0.1) is 45.3 Å². The second-order valence-corrected chi connectivity index (χ2v) is 24.0. The summed E-state index contributed by atoms with van der Waals surface area (Å²) < 4.78 is 78.7. The lowest BCUT2D eigenvalue weighted by atomic mass is 9.95. The van der Waals surface area contributed by atoms with E-state index in [2.05, 4.69) is 33.8 Å². The molecule has 17 heteroatoms. The lowest BCUT2D eigenvalue weighted by molar-refractivity contribution is 0.103. The fourth-order valence-electron chi connectivity index (χ4n) is 9.93. The number of nitriles is 4. The minimum absolute atomic E-state index is 0.0364. The van der Waals surface area contributed by atoms with Gasteiger partial charge in [0.05, 0.1) is 37.6 Å². The molecular weight excluding hydrogens is 1070 g/mol. The molecule has 0 saturated heterocycles. The number of unbranched alkanes of at least 4 members (excludes halogenated alkanes) is 2. The maximum atomic E-state index is 14.7. The molecule has 0 bridgehead atoms. The Morgan fingerprint density at radius 1 is 0.577 bits per heavy atom. The number of rotatable bonds is 18. The van der Waals surface area contributed by atoms with Crippen molar-refractivity contribution in [3.8, 4) is 70.8 Å².